The van der Waals surface area contributed by atoms with Gasteiger partial charge in [-0.05, 0) is 79.1 Å². The van der Waals surface area contributed by atoms with Crippen LogP contribution in [-0.4, -0.2) is 43.7 Å². The van der Waals surface area contributed by atoms with E-state index < -0.39 is 15.8 Å². The second kappa shape index (κ2) is 12.6. The van der Waals surface area contributed by atoms with Crippen molar-refractivity contribution >= 4 is 10.0 Å². The Morgan fingerprint density at radius 1 is 1.14 bits per heavy atom. The Bertz CT molecular complexity index is 1270. The molecule has 1 aliphatic carbocycles. The number of nitrogens with two attached hydrogens (primary N) is 1. The summed E-state index contributed by atoms with van der Waals surface area (Å²) in [6.07, 6.45) is 8.49. The molecule has 0 fully saturated rings. The summed E-state index contributed by atoms with van der Waals surface area (Å²) in [5.41, 5.74) is 10.00. The summed E-state index contributed by atoms with van der Waals surface area (Å²) in [7, 11) is -3.86. The standard InChI is InChI=1S/C28H35FN4O3S/c29-26-8-1-2-9-28(26)37(35,36)33-15-4-3-7-22(30)19-32-27-13-10-21-17-23(34)11-12-24(21)25(27)16-20-6-5-14-31-18-20/h1-2,5-6,8-9,11-12,14,17-18,22,25,27,32-34H,3-4,7,10,13,15-16,19,30H2/t22-,25?,27?/m0/s1. The van der Waals surface area contributed by atoms with E-state index in [2.05, 4.69) is 21.1 Å². The highest BCUT2D eigenvalue weighted by Gasteiger charge is 2.30. The normalized spacial score (nSPS) is 18.3. The highest BCUT2D eigenvalue weighted by Crippen LogP contribution is 2.36. The number of sulfonamides is 1. The number of phenolic OH excluding ortho intramolecular Hbond substituents is 1. The number of nitrogens with one attached hydrogen (secondary N) is 2. The van der Waals surface area contributed by atoms with E-state index in [9.17, 15) is 17.9 Å². The van der Waals surface area contributed by atoms with Crippen molar-refractivity contribution < 1.29 is 17.9 Å². The highest BCUT2D eigenvalue weighted by atomic mass is 32.2. The largest absolute Gasteiger partial charge is 0.508 e. The Hall–Kier alpha value is -2.85. The number of hydrogen-bond acceptors (Lipinski definition) is 6. The minimum atomic E-state index is -3.86. The van der Waals surface area contributed by atoms with Gasteiger partial charge < -0.3 is 16.2 Å². The van der Waals surface area contributed by atoms with Crippen molar-refractivity contribution in [1.82, 2.24) is 15.0 Å². The van der Waals surface area contributed by atoms with E-state index in [1.165, 1.54) is 34.9 Å². The molecule has 0 bridgehead atoms. The van der Waals surface area contributed by atoms with Gasteiger partial charge in [-0.25, -0.2) is 17.5 Å². The maximum Gasteiger partial charge on any atom is 0.243 e. The quantitative estimate of drug-likeness (QED) is 0.268. The Morgan fingerprint density at radius 2 is 1.97 bits per heavy atom. The number of phenols is 1. The first-order valence-corrected chi connectivity index (χ1v) is 14.3. The van der Waals surface area contributed by atoms with Gasteiger partial charge in [0.05, 0.1) is 0 Å². The smallest absolute Gasteiger partial charge is 0.243 e. The van der Waals surface area contributed by atoms with Crippen LogP contribution in [-0.2, 0) is 22.9 Å². The first kappa shape index (κ1) is 27.2. The van der Waals surface area contributed by atoms with Crippen LogP contribution in [0.3, 0.4) is 0 Å². The molecule has 198 valence electrons. The fraction of sp³-hybridized carbons (Fsp3) is 0.393. The van der Waals surface area contributed by atoms with E-state index in [0.29, 0.717) is 18.7 Å². The number of rotatable bonds is 12. The molecule has 1 heterocycles. The van der Waals surface area contributed by atoms with Gasteiger partial charge in [-0.15, -0.1) is 0 Å². The number of benzene rings is 2. The van der Waals surface area contributed by atoms with Crippen LogP contribution in [0.1, 0.15) is 48.3 Å². The lowest BCUT2D eigenvalue weighted by Gasteiger charge is -2.35. The van der Waals surface area contributed by atoms with Crippen LogP contribution < -0.4 is 15.8 Å². The molecule has 3 aromatic rings. The number of pyridine rings is 1. The molecule has 2 unspecified atom stereocenters. The molecular formula is C28H35FN4O3S. The Labute approximate surface area is 218 Å². The SMILES string of the molecule is N[C@@H](CCCCNS(=O)(=O)c1ccccc1F)CNC1CCc2cc(O)ccc2C1Cc1cccnc1. The molecule has 0 radical (unpaired) electrons. The number of aromatic nitrogens is 1. The van der Waals surface area contributed by atoms with Gasteiger partial charge in [0, 0.05) is 43.5 Å². The summed E-state index contributed by atoms with van der Waals surface area (Å²) in [6, 6.07) is 15.2. The number of aromatic hydroxyl groups is 1. The minimum absolute atomic E-state index is 0.0663. The summed E-state index contributed by atoms with van der Waals surface area (Å²) in [6.45, 7) is 0.888. The van der Waals surface area contributed by atoms with Gasteiger partial charge in [0.1, 0.15) is 16.5 Å². The maximum atomic E-state index is 13.8. The number of nitrogens with zero attached hydrogens (tertiary/aromatic N) is 1. The zero-order chi connectivity index (χ0) is 26.3. The average molecular weight is 527 g/mol. The highest BCUT2D eigenvalue weighted by molar-refractivity contribution is 7.89. The van der Waals surface area contributed by atoms with Crippen molar-refractivity contribution in [2.75, 3.05) is 13.1 Å². The fourth-order valence-electron chi connectivity index (χ4n) is 5.05. The average Bonchev–Trinajstić information content (AvgIpc) is 2.88. The molecule has 0 aliphatic heterocycles. The first-order valence-electron chi connectivity index (χ1n) is 12.8. The third-order valence-corrected chi connectivity index (χ3v) is 8.47. The summed E-state index contributed by atoms with van der Waals surface area (Å²) in [5.74, 6) is -0.218. The second-order valence-electron chi connectivity index (χ2n) is 9.69. The fourth-order valence-corrected chi connectivity index (χ4v) is 6.20. The van der Waals surface area contributed by atoms with Crippen molar-refractivity contribution in [2.45, 2.75) is 61.4 Å². The van der Waals surface area contributed by atoms with E-state index in [1.807, 2.05) is 24.4 Å². The Kier molecular flexibility index (Phi) is 9.26. The van der Waals surface area contributed by atoms with Crippen LogP contribution in [0.2, 0.25) is 0 Å². The lowest BCUT2D eigenvalue weighted by Crippen LogP contribution is -2.44. The number of fused-ring (bicyclic) bond motifs is 1. The number of aryl methyl sites for hydroxylation is 1. The van der Waals surface area contributed by atoms with Crippen LogP contribution in [0.4, 0.5) is 4.39 Å². The molecule has 1 aromatic heterocycles. The van der Waals surface area contributed by atoms with E-state index in [4.69, 9.17) is 5.73 Å². The second-order valence-corrected chi connectivity index (χ2v) is 11.4. The molecule has 2 aromatic carbocycles. The van der Waals surface area contributed by atoms with E-state index in [0.717, 1.165) is 38.2 Å². The van der Waals surface area contributed by atoms with Gasteiger partial charge >= 0.3 is 0 Å². The molecular weight excluding hydrogens is 491 g/mol. The lowest BCUT2D eigenvalue weighted by atomic mass is 9.76. The summed E-state index contributed by atoms with van der Waals surface area (Å²) in [4.78, 5) is 3.93. The molecule has 1 aliphatic rings. The van der Waals surface area contributed by atoms with Crippen LogP contribution >= 0.6 is 0 Å². The monoisotopic (exact) mass is 526 g/mol. The van der Waals surface area contributed by atoms with Crippen LogP contribution in [0.15, 0.2) is 71.9 Å². The van der Waals surface area contributed by atoms with Crippen LogP contribution in [0, 0.1) is 5.82 Å². The molecule has 0 saturated carbocycles. The Morgan fingerprint density at radius 3 is 2.76 bits per heavy atom. The van der Waals surface area contributed by atoms with Crippen molar-refractivity contribution in [3.05, 3.63) is 89.5 Å². The molecule has 0 spiro atoms. The Balaban J connectivity index is 1.26. The third kappa shape index (κ3) is 7.35. The van der Waals surface area contributed by atoms with Gasteiger partial charge in [0.25, 0.3) is 0 Å². The van der Waals surface area contributed by atoms with Crippen LogP contribution in [0.5, 0.6) is 5.75 Å². The molecule has 7 nitrogen and oxygen atoms in total. The molecule has 5 N–H and O–H groups in total. The zero-order valence-corrected chi connectivity index (χ0v) is 21.6. The predicted octanol–water partition coefficient (Wildman–Crippen LogP) is 3.63. The van der Waals surface area contributed by atoms with Gasteiger partial charge in [0.15, 0.2) is 0 Å². The van der Waals surface area contributed by atoms with E-state index in [1.54, 1.807) is 12.3 Å². The third-order valence-electron chi connectivity index (χ3n) is 6.98. The number of unbranched alkanes of at least 4 members (excludes halogenated alkanes) is 1. The summed E-state index contributed by atoms with van der Waals surface area (Å²) >= 11 is 0. The zero-order valence-electron chi connectivity index (χ0n) is 20.8. The minimum Gasteiger partial charge on any atom is -0.508 e. The van der Waals surface area contributed by atoms with E-state index >= 15 is 0 Å². The van der Waals surface area contributed by atoms with Gasteiger partial charge in [-0.2, -0.15) is 0 Å². The van der Waals surface area contributed by atoms with Gasteiger partial charge in [0.2, 0.25) is 10.0 Å². The maximum absolute atomic E-state index is 13.8. The first-order chi connectivity index (χ1) is 17.8. The van der Waals surface area contributed by atoms with Gasteiger partial charge in [-0.1, -0.05) is 30.7 Å². The molecule has 0 saturated heterocycles. The number of hydrogen-bond donors (Lipinski definition) is 4. The lowest BCUT2D eigenvalue weighted by molar-refractivity contribution is 0.366. The predicted molar refractivity (Wildman–Crippen MR) is 142 cm³/mol. The van der Waals surface area contributed by atoms with Crippen LogP contribution in [0.25, 0.3) is 0 Å². The topological polar surface area (TPSA) is 117 Å². The van der Waals surface area contributed by atoms with Crippen molar-refractivity contribution in [1.29, 1.82) is 0 Å². The molecule has 37 heavy (non-hydrogen) atoms. The molecule has 4 rings (SSSR count). The van der Waals surface area contributed by atoms with Crippen molar-refractivity contribution in [3.63, 3.8) is 0 Å². The van der Waals surface area contributed by atoms with Crippen molar-refractivity contribution in [3.8, 4) is 5.75 Å². The molecule has 0 amide bonds. The van der Waals surface area contributed by atoms with Crippen molar-refractivity contribution in [2.24, 2.45) is 5.73 Å². The number of halogens is 1. The summed E-state index contributed by atoms with van der Waals surface area (Å²) in [5, 5.41) is 13.6. The van der Waals surface area contributed by atoms with E-state index in [-0.39, 0.29) is 29.4 Å². The van der Waals surface area contributed by atoms with Gasteiger partial charge in [-0.3, -0.25) is 4.98 Å². The molecule has 9 heteroatoms. The summed E-state index contributed by atoms with van der Waals surface area (Å²) < 4.78 is 40.8. The molecule has 3 atom stereocenters.